The predicted octanol–water partition coefficient (Wildman–Crippen LogP) is 5.19. The lowest BCUT2D eigenvalue weighted by molar-refractivity contribution is 0.460. The topological polar surface area (TPSA) is 109 Å². The molecule has 2 rings (SSSR count). The van der Waals surface area contributed by atoms with Gasteiger partial charge in [-0.2, -0.15) is 16.8 Å². The molecule has 0 heterocycles. The molecule has 0 amide bonds. The van der Waals surface area contributed by atoms with Crippen LogP contribution in [-0.4, -0.2) is 25.9 Å². The number of fused-ring (bicyclic) bond motifs is 1. The highest BCUT2D eigenvalue weighted by Gasteiger charge is 2.32. The highest BCUT2D eigenvalue weighted by Crippen LogP contribution is 2.39. The SMILES string of the molecule is CCCCCCC(CCC)c1cc2ccccc2c(S(=O)(=O)O)c1S(=O)(=O)O. The van der Waals surface area contributed by atoms with Crippen molar-refractivity contribution in [3.8, 4) is 0 Å². The molecule has 0 spiro atoms. The number of unbranched alkanes of at least 4 members (excludes halogenated alkanes) is 3. The van der Waals surface area contributed by atoms with Crippen LogP contribution in [-0.2, 0) is 20.2 Å². The van der Waals surface area contributed by atoms with Crippen molar-refractivity contribution in [1.29, 1.82) is 0 Å². The summed E-state index contributed by atoms with van der Waals surface area (Å²) in [5.74, 6) is -0.233. The summed E-state index contributed by atoms with van der Waals surface area (Å²) in [5.41, 5.74) is 0.257. The standard InChI is InChI=1S/C20H28O6S2/c1-3-5-6-7-11-15(10-4-2)18-14-16-12-8-9-13-17(16)19(27(21,22)23)20(18)28(24,25)26/h8-9,12-15H,3-7,10-11H2,1-2H3,(H,21,22,23)(H,24,25,26). The molecule has 0 saturated carbocycles. The molecule has 0 bridgehead atoms. The van der Waals surface area contributed by atoms with Crippen LogP contribution in [0.1, 0.15) is 70.3 Å². The fourth-order valence-electron chi connectivity index (χ4n) is 3.76. The van der Waals surface area contributed by atoms with E-state index in [-0.39, 0.29) is 16.9 Å². The van der Waals surface area contributed by atoms with Crippen LogP contribution in [0.5, 0.6) is 0 Å². The minimum atomic E-state index is -4.88. The van der Waals surface area contributed by atoms with Gasteiger partial charge in [0.05, 0.1) is 0 Å². The number of hydrogen-bond acceptors (Lipinski definition) is 4. The van der Waals surface area contributed by atoms with E-state index in [4.69, 9.17) is 0 Å². The first kappa shape index (κ1) is 22.8. The third-order valence-corrected chi connectivity index (χ3v) is 7.01. The van der Waals surface area contributed by atoms with E-state index in [1.165, 1.54) is 6.07 Å². The van der Waals surface area contributed by atoms with Gasteiger partial charge < -0.3 is 0 Å². The zero-order valence-corrected chi connectivity index (χ0v) is 17.9. The van der Waals surface area contributed by atoms with Crippen LogP contribution in [0.25, 0.3) is 10.8 Å². The highest BCUT2D eigenvalue weighted by molar-refractivity contribution is 7.89. The first-order valence-corrected chi connectivity index (χ1v) is 12.5. The summed E-state index contributed by atoms with van der Waals surface area (Å²) in [5, 5.41) is 0.579. The van der Waals surface area contributed by atoms with Crippen LogP contribution < -0.4 is 0 Å². The van der Waals surface area contributed by atoms with Crippen LogP contribution >= 0.6 is 0 Å². The van der Waals surface area contributed by atoms with Crippen molar-refractivity contribution in [1.82, 2.24) is 0 Å². The van der Waals surface area contributed by atoms with Gasteiger partial charge in [0.25, 0.3) is 20.2 Å². The van der Waals surface area contributed by atoms with Crippen molar-refractivity contribution < 1.29 is 25.9 Å². The molecular formula is C20H28O6S2. The smallest absolute Gasteiger partial charge is 0.282 e. The lowest BCUT2D eigenvalue weighted by Gasteiger charge is -2.22. The maximum atomic E-state index is 12.2. The van der Waals surface area contributed by atoms with Gasteiger partial charge in [-0.1, -0.05) is 70.2 Å². The predicted molar refractivity (Wildman–Crippen MR) is 110 cm³/mol. The molecule has 1 atom stereocenters. The highest BCUT2D eigenvalue weighted by atomic mass is 32.2. The first-order chi connectivity index (χ1) is 13.1. The Labute approximate surface area is 167 Å². The Morgan fingerprint density at radius 2 is 1.46 bits per heavy atom. The molecule has 0 saturated heterocycles. The van der Waals surface area contributed by atoms with E-state index in [1.54, 1.807) is 24.3 Å². The van der Waals surface area contributed by atoms with Crippen molar-refractivity contribution in [2.75, 3.05) is 0 Å². The summed E-state index contributed by atoms with van der Waals surface area (Å²) >= 11 is 0. The van der Waals surface area contributed by atoms with Gasteiger partial charge in [0, 0.05) is 5.39 Å². The molecule has 156 valence electrons. The van der Waals surface area contributed by atoms with E-state index < -0.39 is 30.0 Å². The Bertz CT molecular complexity index is 1030. The normalized spacial score (nSPS) is 13.7. The molecule has 8 heteroatoms. The average Bonchev–Trinajstić information content (AvgIpc) is 2.61. The van der Waals surface area contributed by atoms with Crippen LogP contribution in [0.3, 0.4) is 0 Å². The molecule has 0 aliphatic carbocycles. The maximum Gasteiger partial charge on any atom is 0.296 e. The Morgan fingerprint density at radius 3 is 2.04 bits per heavy atom. The van der Waals surface area contributed by atoms with Gasteiger partial charge in [0.1, 0.15) is 9.79 Å². The quantitative estimate of drug-likeness (QED) is 0.398. The van der Waals surface area contributed by atoms with Crippen LogP contribution in [0.2, 0.25) is 0 Å². The van der Waals surface area contributed by atoms with Crippen molar-refractivity contribution >= 4 is 31.0 Å². The molecular weight excluding hydrogens is 400 g/mol. The molecule has 2 aromatic rings. The molecule has 0 aliphatic heterocycles. The lowest BCUT2D eigenvalue weighted by atomic mass is 9.88. The van der Waals surface area contributed by atoms with E-state index >= 15 is 0 Å². The summed E-state index contributed by atoms with van der Waals surface area (Å²) in [4.78, 5) is -1.43. The number of benzene rings is 2. The van der Waals surface area contributed by atoms with Gasteiger partial charge in [-0.05, 0) is 35.8 Å². The lowest BCUT2D eigenvalue weighted by Crippen LogP contribution is -2.15. The summed E-state index contributed by atoms with van der Waals surface area (Å²) in [6.45, 7) is 4.07. The minimum Gasteiger partial charge on any atom is -0.282 e. The Balaban J connectivity index is 2.79. The zero-order valence-electron chi connectivity index (χ0n) is 16.3. The Morgan fingerprint density at radius 1 is 0.821 bits per heavy atom. The molecule has 0 aliphatic rings. The van der Waals surface area contributed by atoms with Crippen LogP contribution in [0.4, 0.5) is 0 Å². The monoisotopic (exact) mass is 428 g/mol. The number of rotatable bonds is 10. The largest absolute Gasteiger partial charge is 0.296 e. The third-order valence-electron chi connectivity index (χ3n) is 4.98. The molecule has 0 fully saturated rings. The summed E-state index contributed by atoms with van der Waals surface area (Å²) in [6.07, 6.45) is 6.11. The first-order valence-electron chi connectivity index (χ1n) is 9.61. The van der Waals surface area contributed by atoms with Crippen molar-refractivity contribution in [2.24, 2.45) is 0 Å². The Hall–Kier alpha value is -1.48. The fraction of sp³-hybridized carbons (Fsp3) is 0.500. The van der Waals surface area contributed by atoms with E-state index in [0.29, 0.717) is 18.2 Å². The molecule has 6 nitrogen and oxygen atoms in total. The molecule has 2 aromatic carbocycles. The van der Waals surface area contributed by atoms with Crippen molar-refractivity contribution in [3.63, 3.8) is 0 Å². The molecule has 0 radical (unpaired) electrons. The van der Waals surface area contributed by atoms with Gasteiger partial charge in [0.15, 0.2) is 0 Å². The van der Waals surface area contributed by atoms with Crippen LogP contribution in [0, 0.1) is 0 Å². The second-order valence-electron chi connectivity index (χ2n) is 7.13. The summed E-state index contributed by atoms with van der Waals surface area (Å²) in [6, 6.07) is 7.99. The van der Waals surface area contributed by atoms with Crippen molar-refractivity contribution in [2.45, 2.75) is 74.5 Å². The van der Waals surface area contributed by atoms with E-state index in [2.05, 4.69) is 6.92 Å². The second kappa shape index (κ2) is 9.35. The molecule has 28 heavy (non-hydrogen) atoms. The summed E-state index contributed by atoms with van der Waals surface area (Å²) < 4.78 is 68.4. The van der Waals surface area contributed by atoms with Gasteiger partial charge >= 0.3 is 0 Å². The van der Waals surface area contributed by atoms with Gasteiger partial charge in [-0.15, -0.1) is 0 Å². The van der Waals surface area contributed by atoms with Gasteiger partial charge in [0.2, 0.25) is 0 Å². The van der Waals surface area contributed by atoms with E-state index in [1.807, 2.05) is 6.92 Å². The van der Waals surface area contributed by atoms with Gasteiger partial charge in [-0.25, -0.2) is 0 Å². The Kier molecular flexibility index (Phi) is 7.61. The molecule has 1 unspecified atom stereocenters. The maximum absolute atomic E-state index is 12.2. The second-order valence-corrected chi connectivity index (χ2v) is 9.85. The van der Waals surface area contributed by atoms with Crippen molar-refractivity contribution in [3.05, 3.63) is 35.9 Å². The minimum absolute atomic E-state index is 0.0719. The molecule has 0 aromatic heterocycles. The number of hydrogen-bond donors (Lipinski definition) is 2. The third kappa shape index (κ3) is 5.31. The average molecular weight is 429 g/mol. The fourth-order valence-corrected chi connectivity index (χ4v) is 6.08. The van der Waals surface area contributed by atoms with E-state index in [0.717, 1.165) is 32.1 Å². The van der Waals surface area contributed by atoms with Crippen LogP contribution in [0.15, 0.2) is 40.1 Å². The van der Waals surface area contributed by atoms with E-state index in [9.17, 15) is 25.9 Å². The molecule has 2 N–H and O–H groups in total. The van der Waals surface area contributed by atoms with Gasteiger partial charge in [-0.3, -0.25) is 9.11 Å². The summed E-state index contributed by atoms with van der Waals surface area (Å²) in [7, 11) is -9.76. The zero-order chi connectivity index (χ0) is 20.9.